The van der Waals surface area contributed by atoms with Gasteiger partial charge in [-0.25, -0.2) is 9.78 Å². The SMILES string of the molecule is O=C(NC(c1ccccc1)c1ccccc1)N1CCC(Oc2cnccn2)C1. The molecular formula is C22H22N4O2. The molecule has 4 rings (SSSR count). The van der Waals surface area contributed by atoms with Gasteiger partial charge in [-0.1, -0.05) is 60.7 Å². The van der Waals surface area contributed by atoms with E-state index in [0.717, 1.165) is 17.5 Å². The minimum Gasteiger partial charge on any atom is -0.471 e. The van der Waals surface area contributed by atoms with Gasteiger partial charge in [-0.2, -0.15) is 0 Å². The molecule has 0 spiro atoms. The van der Waals surface area contributed by atoms with Gasteiger partial charge in [-0.15, -0.1) is 0 Å². The van der Waals surface area contributed by atoms with Gasteiger partial charge in [0.25, 0.3) is 0 Å². The van der Waals surface area contributed by atoms with Crippen LogP contribution in [0.1, 0.15) is 23.6 Å². The second kappa shape index (κ2) is 8.52. The van der Waals surface area contributed by atoms with Gasteiger partial charge in [0.1, 0.15) is 6.10 Å². The summed E-state index contributed by atoms with van der Waals surface area (Å²) in [5, 5.41) is 3.18. The highest BCUT2D eigenvalue weighted by molar-refractivity contribution is 5.75. The average molecular weight is 374 g/mol. The summed E-state index contributed by atoms with van der Waals surface area (Å²) in [4.78, 5) is 22.9. The van der Waals surface area contributed by atoms with Gasteiger partial charge in [0, 0.05) is 25.4 Å². The van der Waals surface area contributed by atoms with Crippen molar-refractivity contribution in [2.24, 2.45) is 0 Å². The van der Waals surface area contributed by atoms with Crippen molar-refractivity contribution in [3.63, 3.8) is 0 Å². The largest absolute Gasteiger partial charge is 0.471 e. The molecule has 1 aromatic heterocycles. The zero-order chi connectivity index (χ0) is 19.2. The summed E-state index contributed by atoms with van der Waals surface area (Å²) in [6, 6.07) is 19.7. The van der Waals surface area contributed by atoms with Crippen LogP contribution < -0.4 is 10.1 Å². The Morgan fingerprint density at radius 1 is 1.04 bits per heavy atom. The highest BCUT2D eigenvalue weighted by Gasteiger charge is 2.29. The number of urea groups is 1. The normalized spacial score (nSPS) is 16.2. The lowest BCUT2D eigenvalue weighted by atomic mass is 9.99. The molecule has 28 heavy (non-hydrogen) atoms. The molecule has 142 valence electrons. The molecule has 1 saturated heterocycles. The van der Waals surface area contributed by atoms with E-state index < -0.39 is 0 Å². The third-order valence-corrected chi connectivity index (χ3v) is 4.79. The van der Waals surface area contributed by atoms with E-state index in [9.17, 15) is 4.79 Å². The summed E-state index contributed by atoms with van der Waals surface area (Å²) < 4.78 is 5.83. The third-order valence-electron chi connectivity index (χ3n) is 4.79. The Balaban J connectivity index is 1.43. The number of nitrogens with zero attached hydrogens (tertiary/aromatic N) is 3. The lowest BCUT2D eigenvalue weighted by Gasteiger charge is -2.24. The molecule has 1 aliphatic heterocycles. The predicted molar refractivity (Wildman–Crippen MR) is 106 cm³/mol. The van der Waals surface area contributed by atoms with Crippen LogP contribution in [0.3, 0.4) is 0 Å². The molecule has 1 unspecified atom stereocenters. The van der Waals surface area contributed by atoms with E-state index >= 15 is 0 Å². The number of carbonyl (C=O) groups excluding carboxylic acids is 1. The van der Waals surface area contributed by atoms with Gasteiger partial charge in [-0.05, 0) is 11.1 Å². The summed E-state index contributed by atoms with van der Waals surface area (Å²) in [6.45, 7) is 1.17. The number of likely N-dealkylation sites (tertiary alicyclic amines) is 1. The van der Waals surface area contributed by atoms with Crippen molar-refractivity contribution < 1.29 is 9.53 Å². The zero-order valence-corrected chi connectivity index (χ0v) is 15.4. The van der Waals surface area contributed by atoms with Crippen LogP contribution in [-0.4, -0.2) is 40.1 Å². The molecule has 3 aromatic rings. The van der Waals surface area contributed by atoms with Gasteiger partial charge in [0.05, 0.1) is 18.8 Å². The maximum Gasteiger partial charge on any atom is 0.318 e. The Morgan fingerprint density at radius 3 is 2.32 bits per heavy atom. The Morgan fingerprint density at radius 2 is 1.71 bits per heavy atom. The maximum absolute atomic E-state index is 12.9. The van der Waals surface area contributed by atoms with Crippen LogP contribution >= 0.6 is 0 Å². The maximum atomic E-state index is 12.9. The molecule has 6 heteroatoms. The number of nitrogens with one attached hydrogen (secondary N) is 1. The summed E-state index contributed by atoms with van der Waals surface area (Å²) in [5.41, 5.74) is 2.10. The molecule has 2 amide bonds. The highest BCUT2D eigenvalue weighted by Crippen LogP contribution is 2.23. The van der Waals surface area contributed by atoms with Crippen LogP contribution in [-0.2, 0) is 0 Å². The van der Waals surface area contributed by atoms with E-state index in [1.165, 1.54) is 0 Å². The smallest absolute Gasteiger partial charge is 0.318 e. The predicted octanol–water partition coefficient (Wildman–Crippen LogP) is 3.43. The molecule has 1 aliphatic rings. The average Bonchev–Trinajstić information content (AvgIpc) is 3.22. The van der Waals surface area contributed by atoms with Crippen molar-refractivity contribution in [1.29, 1.82) is 0 Å². The van der Waals surface area contributed by atoms with E-state index in [2.05, 4.69) is 15.3 Å². The Labute approximate surface area is 164 Å². The first-order chi connectivity index (χ1) is 13.8. The number of hydrogen-bond acceptors (Lipinski definition) is 4. The number of benzene rings is 2. The van der Waals surface area contributed by atoms with Crippen molar-refractivity contribution in [2.75, 3.05) is 13.1 Å². The van der Waals surface area contributed by atoms with Gasteiger partial charge in [0.2, 0.25) is 5.88 Å². The highest BCUT2D eigenvalue weighted by atomic mass is 16.5. The molecule has 0 bridgehead atoms. The molecule has 6 nitrogen and oxygen atoms in total. The fourth-order valence-corrected chi connectivity index (χ4v) is 3.39. The summed E-state index contributed by atoms with van der Waals surface area (Å²) >= 11 is 0. The van der Waals surface area contributed by atoms with Gasteiger partial charge in [-0.3, -0.25) is 4.98 Å². The van der Waals surface area contributed by atoms with Gasteiger partial charge >= 0.3 is 6.03 Å². The molecule has 0 saturated carbocycles. The van der Waals surface area contributed by atoms with Crippen molar-refractivity contribution in [2.45, 2.75) is 18.6 Å². The molecule has 1 fully saturated rings. The third kappa shape index (κ3) is 4.28. The Kier molecular flexibility index (Phi) is 5.47. The molecule has 2 aromatic carbocycles. The van der Waals surface area contributed by atoms with Crippen LogP contribution in [0.2, 0.25) is 0 Å². The molecular weight excluding hydrogens is 352 g/mol. The van der Waals surface area contributed by atoms with Crippen LogP contribution in [0.25, 0.3) is 0 Å². The van der Waals surface area contributed by atoms with E-state index in [-0.39, 0.29) is 18.2 Å². The molecule has 0 aliphatic carbocycles. The second-order valence-corrected chi connectivity index (χ2v) is 6.72. The monoisotopic (exact) mass is 374 g/mol. The van der Waals surface area contributed by atoms with Crippen molar-refractivity contribution in [3.05, 3.63) is 90.4 Å². The van der Waals surface area contributed by atoms with Crippen LogP contribution in [0.5, 0.6) is 5.88 Å². The molecule has 1 N–H and O–H groups in total. The fourth-order valence-electron chi connectivity index (χ4n) is 3.39. The van der Waals surface area contributed by atoms with Crippen LogP contribution in [0.15, 0.2) is 79.3 Å². The number of hydrogen-bond donors (Lipinski definition) is 1. The first-order valence-corrected chi connectivity index (χ1v) is 9.37. The summed E-state index contributed by atoms with van der Waals surface area (Å²) in [5.74, 6) is 0.487. The second-order valence-electron chi connectivity index (χ2n) is 6.72. The van der Waals surface area contributed by atoms with Gasteiger partial charge in [0.15, 0.2) is 0 Å². The lowest BCUT2D eigenvalue weighted by Crippen LogP contribution is -2.41. The van der Waals surface area contributed by atoms with Crippen molar-refractivity contribution >= 4 is 6.03 Å². The first-order valence-electron chi connectivity index (χ1n) is 9.37. The minimum absolute atomic E-state index is 0.0747. The molecule has 1 atom stereocenters. The number of amides is 2. The number of ether oxygens (including phenoxy) is 1. The van der Waals surface area contributed by atoms with Gasteiger partial charge < -0.3 is 15.0 Å². The quantitative estimate of drug-likeness (QED) is 0.743. The van der Waals surface area contributed by atoms with Crippen molar-refractivity contribution in [3.8, 4) is 5.88 Å². The Hall–Kier alpha value is -3.41. The first kappa shape index (κ1) is 18.0. The number of carbonyl (C=O) groups is 1. The lowest BCUT2D eigenvalue weighted by molar-refractivity contribution is 0.181. The summed E-state index contributed by atoms with van der Waals surface area (Å²) in [7, 11) is 0. The van der Waals surface area contributed by atoms with E-state index in [1.807, 2.05) is 60.7 Å². The number of rotatable bonds is 5. The van der Waals surface area contributed by atoms with Crippen molar-refractivity contribution in [1.82, 2.24) is 20.2 Å². The Bertz CT molecular complexity index is 851. The van der Waals surface area contributed by atoms with Crippen LogP contribution in [0, 0.1) is 0 Å². The summed E-state index contributed by atoms with van der Waals surface area (Å²) in [6.07, 6.45) is 5.48. The standard InChI is InChI=1S/C22H22N4O2/c27-22(26-14-11-19(16-26)28-20-15-23-12-13-24-20)25-21(17-7-3-1-4-8-17)18-9-5-2-6-10-18/h1-10,12-13,15,19,21H,11,14,16H2,(H,25,27). The van der Waals surface area contributed by atoms with E-state index in [1.54, 1.807) is 23.5 Å². The van der Waals surface area contributed by atoms with Crippen LogP contribution in [0.4, 0.5) is 4.79 Å². The fraction of sp³-hybridized carbons (Fsp3) is 0.227. The van der Waals surface area contributed by atoms with E-state index in [0.29, 0.717) is 19.0 Å². The molecule has 2 heterocycles. The minimum atomic E-state index is -0.199. The number of aromatic nitrogens is 2. The molecule has 0 radical (unpaired) electrons. The van der Waals surface area contributed by atoms with E-state index in [4.69, 9.17) is 4.74 Å². The topological polar surface area (TPSA) is 67.4 Å². The zero-order valence-electron chi connectivity index (χ0n) is 15.4.